The zero-order chi connectivity index (χ0) is 14.0. The van der Waals surface area contributed by atoms with Gasteiger partial charge < -0.3 is 0 Å². The largest absolute Gasteiger partial charge is 0.258 e. The Morgan fingerprint density at radius 2 is 1.95 bits per heavy atom. The maximum absolute atomic E-state index is 12.1. The number of hydrogen-bond acceptors (Lipinski definition) is 5. The molecule has 2 rings (SSSR count). The van der Waals surface area contributed by atoms with Crippen LogP contribution in [-0.4, -0.2) is 28.2 Å². The van der Waals surface area contributed by atoms with Gasteiger partial charge in [-0.25, -0.2) is 23.1 Å². The fourth-order valence-electron chi connectivity index (χ4n) is 1.58. The van der Waals surface area contributed by atoms with Crippen LogP contribution in [-0.2, 0) is 23.6 Å². The fraction of sp³-hybridized carbons (Fsp3) is 0.300. The predicted molar refractivity (Wildman–Crippen MR) is 71.7 cm³/mol. The molecule has 2 aromatic rings. The highest BCUT2D eigenvalue weighted by Gasteiger charge is 2.21. The highest BCUT2D eigenvalue weighted by atomic mass is 79.9. The van der Waals surface area contributed by atoms with Crippen LogP contribution in [0, 0.1) is 6.92 Å². The first-order chi connectivity index (χ1) is 8.90. The van der Waals surface area contributed by atoms with Crippen molar-refractivity contribution in [1.29, 1.82) is 0 Å². The van der Waals surface area contributed by atoms with Gasteiger partial charge in [-0.2, -0.15) is 5.10 Å². The zero-order valence-electron chi connectivity index (χ0n) is 10.3. The van der Waals surface area contributed by atoms with Gasteiger partial charge in [0.2, 0.25) is 0 Å². The highest BCUT2D eigenvalue weighted by Crippen LogP contribution is 2.13. The molecule has 0 fully saturated rings. The topological polar surface area (TPSA) is 89.8 Å². The summed E-state index contributed by atoms with van der Waals surface area (Å²) in [5, 5.41) is 4.05. The summed E-state index contributed by atoms with van der Waals surface area (Å²) in [4.78, 5) is 8.00. The van der Waals surface area contributed by atoms with E-state index in [1.807, 2.05) is 0 Å². The lowest BCUT2D eigenvalue weighted by molar-refractivity contribution is 0.559. The van der Waals surface area contributed by atoms with Gasteiger partial charge in [0.1, 0.15) is 5.82 Å². The molecule has 2 aromatic heterocycles. The van der Waals surface area contributed by atoms with Crippen LogP contribution in [0.1, 0.15) is 11.4 Å². The van der Waals surface area contributed by atoms with Gasteiger partial charge in [-0.1, -0.05) is 0 Å². The predicted octanol–water partition coefficient (Wildman–Crippen LogP) is 0.760. The molecular weight excluding hydrogens is 334 g/mol. The van der Waals surface area contributed by atoms with Crippen molar-refractivity contribution in [3.8, 4) is 0 Å². The SMILES string of the molecule is Cc1cnn(C)c1S(=O)(=O)NCc1ncc(Br)cn1. The third-order valence-corrected chi connectivity index (χ3v) is 4.43. The first-order valence-corrected chi connectivity index (χ1v) is 7.62. The van der Waals surface area contributed by atoms with E-state index in [0.29, 0.717) is 11.4 Å². The minimum Gasteiger partial charge on any atom is -0.256 e. The third kappa shape index (κ3) is 3.17. The molecule has 0 saturated heterocycles. The Kier molecular flexibility index (Phi) is 3.97. The van der Waals surface area contributed by atoms with Crippen molar-refractivity contribution in [3.05, 3.63) is 34.5 Å². The Morgan fingerprint density at radius 1 is 1.32 bits per heavy atom. The molecule has 0 radical (unpaired) electrons. The van der Waals surface area contributed by atoms with E-state index in [1.54, 1.807) is 26.4 Å². The lowest BCUT2D eigenvalue weighted by atomic mass is 10.4. The van der Waals surface area contributed by atoms with Gasteiger partial charge >= 0.3 is 0 Å². The van der Waals surface area contributed by atoms with E-state index < -0.39 is 10.0 Å². The van der Waals surface area contributed by atoms with Crippen molar-refractivity contribution >= 4 is 26.0 Å². The third-order valence-electron chi connectivity index (χ3n) is 2.40. The summed E-state index contributed by atoms with van der Waals surface area (Å²) in [6.07, 6.45) is 4.63. The van der Waals surface area contributed by atoms with Gasteiger partial charge in [0.25, 0.3) is 10.0 Å². The standard InChI is InChI=1S/C10H12BrN5O2S/c1-7-3-14-16(2)10(7)19(17,18)15-6-9-12-4-8(11)5-13-9/h3-5,15H,6H2,1-2H3. The summed E-state index contributed by atoms with van der Waals surface area (Å²) in [6.45, 7) is 1.72. The highest BCUT2D eigenvalue weighted by molar-refractivity contribution is 9.10. The van der Waals surface area contributed by atoms with Crippen LogP contribution in [0.25, 0.3) is 0 Å². The Hall–Kier alpha value is -1.32. The van der Waals surface area contributed by atoms with Crippen LogP contribution in [0.15, 0.2) is 28.1 Å². The summed E-state index contributed by atoms with van der Waals surface area (Å²) >= 11 is 3.21. The molecule has 0 spiro atoms. The quantitative estimate of drug-likeness (QED) is 0.883. The monoisotopic (exact) mass is 345 g/mol. The lowest BCUT2D eigenvalue weighted by Crippen LogP contribution is -2.26. The van der Waals surface area contributed by atoms with Crippen LogP contribution in [0.3, 0.4) is 0 Å². The molecule has 0 bridgehead atoms. The van der Waals surface area contributed by atoms with Crippen molar-refractivity contribution in [2.45, 2.75) is 18.5 Å². The minimum absolute atomic E-state index is 0.0280. The van der Waals surface area contributed by atoms with Gasteiger partial charge in [-0.3, -0.25) is 4.68 Å². The van der Waals surface area contributed by atoms with Crippen molar-refractivity contribution in [2.24, 2.45) is 7.05 Å². The van der Waals surface area contributed by atoms with E-state index in [9.17, 15) is 8.42 Å². The maximum atomic E-state index is 12.1. The molecule has 9 heteroatoms. The number of hydrogen-bond donors (Lipinski definition) is 1. The molecule has 0 aromatic carbocycles. The van der Waals surface area contributed by atoms with E-state index in [0.717, 1.165) is 4.47 Å². The maximum Gasteiger partial charge on any atom is 0.258 e. The number of sulfonamides is 1. The molecule has 102 valence electrons. The Balaban J connectivity index is 2.17. The van der Waals surface area contributed by atoms with Gasteiger partial charge in [0.15, 0.2) is 5.03 Å². The molecule has 0 aliphatic rings. The number of aryl methyl sites for hydroxylation is 2. The molecule has 2 heterocycles. The smallest absolute Gasteiger partial charge is 0.256 e. The molecule has 7 nitrogen and oxygen atoms in total. The fourth-order valence-corrected chi connectivity index (χ4v) is 3.11. The number of nitrogens with one attached hydrogen (secondary N) is 1. The Morgan fingerprint density at radius 3 is 2.47 bits per heavy atom. The van der Waals surface area contributed by atoms with Crippen molar-refractivity contribution in [2.75, 3.05) is 0 Å². The molecule has 0 aliphatic carbocycles. The summed E-state index contributed by atoms with van der Waals surface area (Å²) in [5.74, 6) is 0.395. The second-order valence-electron chi connectivity index (χ2n) is 3.90. The van der Waals surface area contributed by atoms with E-state index in [2.05, 4.69) is 35.7 Å². The van der Waals surface area contributed by atoms with Gasteiger partial charge in [-0.05, 0) is 22.9 Å². The van der Waals surface area contributed by atoms with E-state index in [-0.39, 0.29) is 11.6 Å². The molecule has 1 N–H and O–H groups in total. The van der Waals surface area contributed by atoms with Gasteiger partial charge in [0, 0.05) is 25.0 Å². The van der Waals surface area contributed by atoms with Crippen LogP contribution in [0.2, 0.25) is 0 Å². The van der Waals surface area contributed by atoms with E-state index >= 15 is 0 Å². The van der Waals surface area contributed by atoms with Crippen LogP contribution >= 0.6 is 15.9 Å². The molecule has 0 amide bonds. The molecule has 0 aliphatic heterocycles. The molecular formula is C10H12BrN5O2S. The van der Waals surface area contributed by atoms with Gasteiger partial charge in [-0.15, -0.1) is 0 Å². The Bertz CT molecular complexity index is 661. The second-order valence-corrected chi connectivity index (χ2v) is 6.50. The zero-order valence-corrected chi connectivity index (χ0v) is 12.7. The van der Waals surface area contributed by atoms with Crippen molar-refractivity contribution < 1.29 is 8.42 Å². The average Bonchev–Trinajstić information content (AvgIpc) is 2.69. The number of halogens is 1. The summed E-state index contributed by atoms with van der Waals surface area (Å²) in [6, 6.07) is 0. The van der Waals surface area contributed by atoms with Gasteiger partial charge in [0.05, 0.1) is 17.2 Å². The molecule has 19 heavy (non-hydrogen) atoms. The van der Waals surface area contributed by atoms with Crippen molar-refractivity contribution in [3.63, 3.8) is 0 Å². The van der Waals surface area contributed by atoms with Crippen LogP contribution in [0.5, 0.6) is 0 Å². The average molecular weight is 346 g/mol. The second kappa shape index (κ2) is 5.35. The molecule has 0 unspecified atom stereocenters. The number of nitrogens with zero attached hydrogens (tertiary/aromatic N) is 4. The first-order valence-electron chi connectivity index (χ1n) is 5.35. The first kappa shape index (κ1) is 14.1. The summed E-state index contributed by atoms with van der Waals surface area (Å²) in [5.41, 5.74) is 0.590. The minimum atomic E-state index is -3.63. The normalized spacial score (nSPS) is 11.7. The Labute approximate surface area is 119 Å². The molecule has 0 atom stereocenters. The molecule has 0 saturated carbocycles. The van der Waals surface area contributed by atoms with E-state index in [1.165, 1.54) is 10.9 Å². The van der Waals surface area contributed by atoms with Crippen molar-refractivity contribution in [1.82, 2.24) is 24.5 Å². The lowest BCUT2D eigenvalue weighted by Gasteiger charge is -2.07. The van der Waals surface area contributed by atoms with E-state index in [4.69, 9.17) is 0 Å². The number of rotatable bonds is 4. The summed E-state index contributed by atoms with van der Waals surface area (Å²) < 4.78 is 28.8. The summed E-state index contributed by atoms with van der Waals surface area (Å²) in [7, 11) is -2.05. The number of aromatic nitrogens is 4. The van der Waals surface area contributed by atoms with Crippen LogP contribution in [0.4, 0.5) is 0 Å². The van der Waals surface area contributed by atoms with Crippen LogP contribution < -0.4 is 4.72 Å².